The van der Waals surface area contributed by atoms with Crippen molar-refractivity contribution in [3.05, 3.63) is 57.6 Å². The highest BCUT2D eigenvalue weighted by molar-refractivity contribution is 7.89. The summed E-state index contributed by atoms with van der Waals surface area (Å²) in [5, 5.41) is 9.87. The first-order valence-electron chi connectivity index (χ1n) is 10.7. The van der Waals surface area contributed by atoms with Crippen LogP contribution in [-0.2, 0) is 21.2 Å². The number of phenolic OH excluding ortho intramolecular Hbond substituents is 1. The lowest BCUT2D eigenvalue weighted by Crippen LogP contribution is -2.50. The maximum Gasteiger partial charge on any atom is 0.243 e. The van der Waals surface area contributed by atoms with E-state index in [-0.39, 0.29) is 24.7 Å². The van der Waals surface area contributed by atoms with Gasteiger partial charge in [0.2, 0.25) is 15.9 Å². The van der Waals surface area contributed by atoms with Crippen molar-refractivity contribution in [3.63, 3.8) is 0 Å². The molecule has 31 heavy (non-hydrogen) atoms. The van der Waals surface area contributed by atoms with Crippen LogP contribution in [-0.4, -0.2) is 54.8 Å². The minimum absolute atomic E-state index is 0.0188. The molecule has 168 valence electrons. The molecule has 1 aliphatic rings. The van der Waals surface area contributed by atoms with Crippen molar-refractivity contribution in [3.8, 4) is 5.75 Å². The Morgan fingerprint density at radius 3 is 1.94 bits per heavy atom. The minimum Gasteiger partial charge on any atom is -0.508 e. The topological polar surface area (TPSA) is 77.9 Å². The molecule has 3 rings (SSSR count). The van der Waals surface area contributed by atoms with Gasteiger partial charge in [0.1, 0.15) is 5.75 Å². The number of aryl methyl sites for hydroxylation is 1. The van der Waals surface area contributed by atoms with Crippen LogP contribution < -0.4 is 0 Å². The number of hydrogen-bond donors (Lipinski definition) is 1. The van der Waals surface area contributed by atoms with E-state index >= 15 is 0 Å². The molecule has 1 heterocycles. The van der Waals surface area contributed by atoms with Gasteiger partial charge in [0.05, 0.1) is 4.90 Å². The number of piperazine rings is 1. The van der Waals surface area contributed by atoms with Gasteiger partial charge in [0.15, 0.2) is 0 Å². The Hall–Kier alpha value is -2.38. The van der Waals surface area contributed by atoms with Crippen LogP contribution in [0.3, 0.4) is 0 Å². The Morgan fingerprint density at radius 1 is 0.871 bits per heavy atom. The third kappa shape index (κ3) is 4.48. The highest BCUT2D eigenvalue weighted by atomic mass is 32.2. The monoisotopic (exact) mass is 444 g/mol. The number of carbonyl (C=O) groups excluding carboxylic acids is 1. The molecule has 2 aromatic carbocycles. The van der Waals surface area contributed by atoms with Crippen LogP contribution >= 0.6 is 0 Å². The summed E-state index contributed by atoms with van der Waals surface area (Å²) in [5.74, 6) is 0.176. The van der Waals surface area contributed by atoms with Crippen molar-refractivity contribution in [2.24, 2.45) is 0 Å². The molecular weight excluding hydrogens is 412 g/mol. The van der Waals surface area contributed by atoms with E-state index in [1.165, 1.54) is 4.31 Å². The van der Waals surface area contributed by atoms with Crippen molar-refractivity contribution < 1.29 is 18.3 Å². The molecule has 0 bridgehead atoms. The maximum absolute atomic E-state index is 13.5. The summed E-state index contributed by atoms with van der Waals surface area (Å²) in [6, 6.07) is 7.01. The molecule has 7 heteroatoms. The zero-order chi connectivity index (χ0) is 22.9. The lowest BCUT2D eigenvalue weighted by molar-refractivity contribution is -0.132. The molecule has 0 spiro atoms. The fraction of sp³-hybridized carbons (Fsp3) is 0.458. The van der Waals surface area contributed by atoms with Gasteiger partial charge in [0, 0.05) is 32.6 Å². The summed E-state index contributed by atoms with van der Waals surface area (Å²) < 4.78 is 28.4. The van der Waals surface area contributed by atoms with E-state index in [2.05, 4.69) is 0 Å². The lowest BCUT2D eigenvalue weighted by atomic mass is 9.95. The fourth-order valence-corrected chi connectivity index (χ4v) is 6.26. The molecule has 0 atom stereocenters. The number of para-hydroxylation sites is 1. The minimum atomic E-state index is -3.63. The number of aromatic hydroxyl groups is 1. The number of sulfonamides is 1. The lowest BCUT2D eigenvalue weighted by Gasteiger charge is -2.35. The first kappa shape index (κ1) is 23.3. The van der Waals surface area contributed by atoms with E-state index < -0.39 is 10.0 Å². The number of carbonyl (C=O) groups is 1. The van der Waals surface area contributed by atoms with Crippen LogP contribution in [0.5, 0.6) is 5.75 Å². The summed E-state index contributed by atoms with van der Waals surface area (Å²) in [4.78, 5) is 14.7. The Morgan fingerprint density at radius 2 is 1.39 bits per heavy atom. The van der Waals surface area contributed by atoms with Gasteiger partial charge >= 0.3 is 0 Å². The van der Waals surface area contributed by atoms with Crippen LogP contribution in [0, 0.1) is 34.6 Å². The van der Waals surface area contributed by atoms with E-state index in [0.29, 0.717) is 30.8 Å². The number of phenols is 1. The van der Waals surface area contributed by atoms with Crippen LogP contribution in [0.2, 0.25) is 0 Å². The predicted octanol–water partition coefficient (Wildman–Crippen LogP) is 3.40. The van der Waals surface area contributed by atoms with Gasteiger partial charge in [-0.25, -0.2) is 8.42 Å². The molecule has 6 nitrogen and oxygen atoms in total. The molecule has 0 aromatic heterocycles. The van der Waals surface area contributed by atoms with Crippen LogP contribution in [0.15, 0.2) is 29.2 Å². The molecule has 1 saturated heterocycles. The first-order valence-corrected chi connectivity index (χ1v) is 12.1. The third-order valence-electron chi connectivity index (χ3n) is 6.72. The van der Waals surface area contributed by atoms with Crippen LogP contribution in [0.25, 0.3) is 0 Å². The smallest absolute Gasteiger partial charge is 0.243 e. The molecule has 1 amide bonds. The SMILES string of the molecule is Cc1c(C)c(C)c(S(=O)(=O)N2CCN(C(=O)CCc3ccccc3O)CC2)c(C)c1C. The Balaban J connectivity index is 1.69. The molecular formula is C24H32N2O4S. The zero-order valence-corrected chi connectivity index (χ0v) is 19.8. The fourth-order valence-electron chi connectivity index (χ4n) is 4.28. The van der Waals surface area contributed by atoms with Gasteiger partial charge in [0.25, 0.3) is 0 Å². The van der Waals surface area contributed by atoms with Gasteiger partial charge in [-0.1, -0.05) is 18.2 Å². The summed E-state index contributed by atoms with van der Waals surface area (Å²) in [5.41, 5.74) is 5.52. The first-order chi connectivity index (χ1) is 14.6. The van der Waals surface area contributed by atoms with Crippen LogP contribution in [0.1, 0.15) is 39.8 Å². The van der Waals surface area contributed by atoms with Crippen molar-refractivity contribution >= 4 is 15.9 Å². The number of hydrogen-bond acceptors (Lipinski definition) is 4. The normalized spacial score (nSPS) is 15.3. The molecule has 0 aliphatic carbocycles. The Kier molecular flexibility index (Phi) is 6.76. The standard InChI is InChI=1S/C24H32N2O4S/c1-16-17(2)19(4)24(20(5)18(16)3)31(29,30)26-14-12-25(13-15-26)23(28)11-10-21-8-6-7-9-22(21)27/h6-9,27H,10-15H2,1-5H3. The highest BCUT2D eigenvalue weighted by Crippen LogP contribution is 2.32. The van der Waals surface area contributed by atoms with E-state index in [1.54, 1.807) is 17.0 Å². The predicted molar refractivity (Wildman–Crippen MR) is 122 cm³/mol. The molecule has 0 radical (unpaired) electrons. The summed E-state index contributed by atoms with van der Waals surface area (Å²) in [6.07, 6.45) is 0.753. The summed E-state index contributed by atoms with van der Waals surface area (Å²) in [6.45, 7) is 11.0. The second-order valence-electron chi connectivity index (χ2n) is 8.37. The van der Waals surface area contributed by atoms with Gasteiger partial charge in [-0.2, -0.15) is 4.31 Å². The van der Waals surface area contributed by atoms with Gasteiger partial charge in [-0.05, 0) is 80.5 Å². The molecule has 1 aliphatic heterocycles. The summed E-state index contributed by atoms with van der Waals surface area (Å²) >= 11 is 0. The second-order valence-corrected chi connectivity index (χ2v) is 10.2. The van der Waals surface area contributed by atoms with Gasteiger partial charge in [-0.15, -0.1) is 0 Å². The highest BCUT2D eigenvalue weighted by Gasteiger charge is 2.33. The number of amides is 1. The van der Waals surface area contributed by atoms with Crippen molar-refractivity contribution in [1.82, 2.24) is 9.21 Å². The van der Waals surface area contributed by atoms with Gasteiger partial charge in [-0.3, -0.25) is 4.79 Å². The van der Waals surface area contributed by atoms with Crippen molar-refractivity contribution in [2.45, 2.75) is 52.4 Å². The third-order valence-corrected chi connectivity index (χ3v) is 8.89. The zero-order valence-electron chi connectivity index (χ0n) is 19.0. The maximum atomic E-state index is 13.5. The number of nitrogens with zero attached hydrogens (tertiary/aromatic N) is 2. The van der Waals surface area contributed by atoms with Gasteiger partial charge < -0.3 is 10.0 Å². The molecule has 2 aromatic rings. The average Bonchev–Trinajstić information content (AvgIpc) is 2.75. The quantitative estimate of drug-likeness (QED) is 0.767. The Labute approximate surface area is 185 Å². The van der Waals surface area contributed by atoms with Crippen LogP contribution in [0.4, 0.5) is 0 Å². The molecule has 0 unspecified atom stereocenters. The molecule has 0 saturated carbocycles. The van der Waals surface area contributed by atoms with E-state index in [9.17, 15) is 18.3 Å². The second kappa shape index (κ2) is 9.01. The van der Waals surface area contributed by atoms with Crippen molar-refractivity contribution in [1.29, 1.82) is 0 Å². The van der Waals surface area contributed by atoms with E-state index in [4.69, 9.17) is 0 Å². The van der Waals surface area contributed by atoms with Crippen molar-refractivity contribution in [2.75, 3.05) is 26.2 Å². The average molecular weight is 445 g/mol. The largest absolute Gasteiger partial charge is 0.508 e. The Bertz CT molecular complexity index is 1070. The summed E-state index contributed by atoms with van der Waals surface area (Å²) in [7, 11) is -3.63. The molecule has 1 N–H and O–H groups in total. The van der Waals surface area contributed by atoms with E-state index in [1.807, 2.05) is 46.8 Å². The number of benzene rings is 2. The molecule has 1 fully saturated rings. The number of rotatable bonds is 5. The van der Waals surface area contributed by atoms with E-state index in [0.717, 1.165) is 33.4 Å².